The Kier molecular flexibility index (Phi) is 7.51. The standard InChI is InChI=1S/C25H24ClN5O3/c1-34-16-15-27-25(33)24(18-7-3-2-4-8-18)31(20-13-11-19(26)12-14-20)23(32)17-30-22-10-6-5-9-21(22)28-29-30/h2-14,24H,15-17H2,1H3,(H,27,33)/t24-/m0/s1. The summed E-state index contributed by atoms with van der Waals surface area (Å²) in [5.74, 6) is -0.649. The van der Waals surface area contributed by atoms with Crippen molar-refractivity contribution >= 4 is 40.1 Å². The van der Waals surface area contributed by atoms with E-state index in [1.165, 1.54) is 9.58 Å². The molecule has 1 N–H and O–H groups in total. The molecular formula is C25H24ClN5O3. The summed E-state index contributed by atoms with van der Waals surface area (Å²) < 4.78 is 6.60. The minimum Gasteiger partial charge on any atom is -0.383 e. The molecule has 4 aromatic rings. The lowest BCUT2D eigenvalue weighted by Crippen LogP contribution is -2.46. The number of para-hydroxylation sites is 1. The summed E-state index contributed by atoms with van der Waals surface area (Å²) in [6, 6.07) is 22.5. The van der Waals surface area contributed by atoms with Crippen molar-refractivity contribution in [1.29, 1.82) is 0 Å². The summed E-state index contributed by atoms with van der Waals surface area (Å²) in [7, 11) is 1.56. The predicted molar refractivity (Wildman–Crippen MR) is 131 cm³/mol. The summed E-state index contributed by atoms with van der Waals surface area (Å²) >= 11 is 6.10. The molecule has 2 amide bonds. The highest BCUT2D eigenvalue weighted by Crippen LogP contribution is 2.29. The molecule has 0 fully saturated rings. The van der Waals surface area contributed by atoms with Gasteiger partial charge >= 0.3 is 0 Å². The molecule has 8 nitrogen and oxygen atoms in total. The summed E-state index contributed by atoms with van der Waals surface area (Å²) in [5, 5.41) is 11.7. The lowest BCUT2D eigenvalue weighted by atomic mass is 10.0. The molecule has 0 bridgehead atoms. The van der Waals surface area contributed by atoms with Crippen LogP contribution < -0.4 is 10.2 Å². The first-order valence-corrected chi connectivity index (χ1v) is 11.1. The zero-order valence-electron chi connectivity index (χ0n) is 18.6. The van der Waals surface area contributed by atoms with Gasteiger partial charge in [-0.1, -0.05) is 59.3 Å². The van der Waals surface area contributed by atoms with Crippen molar-refractivity contribution in [2.24, 2.45) is 0 Å². The quantitative estimate of drug-likeness (QED) is 0.372. The zero-order chi connectivity index (χ0) is 23.9. The first-order chi connectivity index (χ1) is 16.6. The van der Waals surface area contributed by atoms with Crippen LogP contribution in [0.3, 0.4) is 0 Å². The van der Waals surface area contributed by atoms with Crippen LogP contribution in [0.1, 0.15) is 11.6 Å². The Hall–Kier alpha value is -3.75. The van der Waals surface area contributed by atoms with Crippen molar-refractivity contribution in [3.63, 3.8) is 0 Å². The number of nitrogens with zero attached hydrogens (tertiary/aromatic N) is 4. The summed E-state index contributed by atoms with van der Waals surface area (Å²) in [4.78, 5) is 28.7. The number of anilines is 1. The number of amides is 2. The van der Waals surface area contributed by atoms with E-state index in [1.807, 2.05) is 54.6 Å². The SMILES string of the molecule is COCCNC(=O)[C@H](c1ccccc1)N(C(=O)Cn1nnc2ccccc21)c1ccc(Cl)cc1. The molecule has 3 aromatic carbocycles. The van der Waals surface area contributed by atoms with Crippen LogP contribution in [0.2, 0.25) is 5.02 Å². The molecule has 0 saturated heterocycles. The highest BCUT2D eigenvalue weighted by molar-refractivity contribution is 6.30. The van der Waals surface area contributed by atoms with Gasteiger partial charge in [0.1, 0.15) is 18.1 Å². The number of aromatic nitrogens is 3. The molecule has 1 heterocycles. The monoisotopic (exact) mass is 477 g/mol. The van der Waals surface area contributed by atoms with Crippen LogP contribution in [0.4, 0.5) is 5.69 Å². The third kappa shape index (κ3) is 5.24. The molecule has 1 aromatic heterocycles. The molecular weight excluding hydrogens is 454 g/mol. The maximum absolute atomic E-state index is 13.8. The highest BCUT2D eigenvalue weighted by atomic mass is 35.5. The van der Waals surface area contributed by atoms with E-state index in [2.05, 4.69) is 15.6 Å². The molecule has 0 radical (unpaired) electrons. The van der Waals surface area contributed by atoms with E-state index in [0.717, 1.165) is 5.52 Å². The number of rotatable bonds is 9. The van der Waals surface area contributed by atoms with Crippen LogP contribution in [0.5, 0.6) is 0 Å². The number of fused-ring (bicyclic) bond motifs is 1. The Balaban J connectivity index is 1.75. The first kappa shape index (κ1) is 23.4. The topological polar surface area (TPSA) is 89.4 Å². The van der Waals surface area contributed by atoms with Crippen LogP contribution in [-0.2, 0) is 20.9 Å². The second-order valence-corrected chi connectivity index (χ2v) is 8.01. The number of ether oxygens (including phenoxy) is 1. The van der Waals surface area contributed by atoms with E-state index >= 15 is 0 Å². The molecule has 0 aliphatic carbocycles. The molecule has 0 aliphatic heterocycles. The van der Waals surface area contributed by atoms with E-state index in [1.54, 1.807) is 31.4 Å². The molecule has 0 unspecified atom stereocenters. The molecule has 174 valence electrons. The van der Waals surface area contributed by atoms with Crippen LogP contribution in [0, 0.1) is 0 Å². The maximum Gasteiger partial charge on any atom is 0.249 e. The third-order valence-corrected chi connectivity index (χ3v) is 5.56. The van der Waals surface area contributed by atoms with E-state index in [4.69, 9.17) is 16.3 Å². The largest absolute Gasteiger partial charge is 0.383 e. The number of halogens is 1. The van der Waals surface area contributed by atoms with Crippen LogP contribution >= 0.6 is 11.6 Å². The normalized spacial score (nSPS) is 11.8. The van der Waals surface area contributed by atoms with Crippen LogP contribution in [0.15, 0.2) is 78.9 Å². The number of carbonyl (C=O) groups excluding carboxylic acids is 2. The van der Waals surface area contributed by atoms with Gasteiger partial charge < -0.3 is 10.1 Å². The van der Waals surface area contributed by atoms with Crippen molar-refractivity contribution in [2.45, 2.75) is 12.6 Å². The summed E-state index contributed by atoms with van der Waals surface area (Å²) in [6.45, 7) is 0.569. The predicted octanol–water partition coefficient (Wildman–Crippen LogP) is 3.62. The van der Waals surface area contributed by atoms with Gasteiger partial charge in [-0.25, -0.2) is 4.68 Å². The smallest absolute Gasteiger partial charge is 0.249 e. The van der Waals surface area contributed by atoms with E-state index in [0.29, 0.717) is 34.9 Å². The average molecular weight is 478 g/mol. The first-order valence-electron chi connectivity index (χ1n) is 10.8. The summed E-state index contributed by atoms with van der Waals surface area (Å²) in [6.07, 6.45) is 0. The van der Waals surface area contributed by atoms with Gasteiger partial charge in [0, 0.05) is 24.4 Å². The summed E-state index contributed by atoms with van der Waals surface area (Å²) in [5.41, 5.74) is 2.62. The molecule has 0 saturated carbocycles. The molecule has 9 heteroatoms. The van der Waals surface area contributed by atoms with Gasteiger partial charge in [0.25, 0.3) is 0 Å². The van der Waals surface area contributed by atoms with E-state index < -0.39 is 6.04 Å². The maximum atomic E-state index is 13.8. The Labute approximate surface area is 202 Å². The molecule has 1 atom stereocenters. The molecule has 0 spiro atoms. The number of nitrogens with one attached hydrogen (secondary N) is 1. The van der Waals surface area contributed by atoms with Crippen LogP contribution in [0.25, 0.3) is 11.0 Å². The average Bonchev–Trinajstić information content (AvgIpc) is 3.26. The lowest BCUT2D eigenvalue weighted by Gasteiger charge is -2.31. The van der Waals surface area contributed by atoms with Gasteiger partial charge in [0.2, 0.25) is 11.8 Å². The molecule has 0 aliphatic rings. The van der Waals surface area contributed by atoms with E-state index in [-0.39, 0.29) is 18.4 Å². The van der Waals surface area contributed by atoms with Crippen molar-refractivity contribution in [1.82, 2.24) is 20.3 Å². The number of methoxy groups -OCH3 is 1. The molecule has 34 heavy (non-hydrogen) atoms. The van der Waals surface area contributed by atoms with Crippen molar-refractivity contribution < 1.29 is 14.3 Å². The van der Waals surface area contributed by atoms with Gasteiger partial charge in [-0.3, -0.25) is 14.5 Å². The highest BCUT2D eigenvalue weighted by Gasteiger charge is 2.33. The Bertz CT molecular complexity index is 1260. The Morgan fingerprint density at radius 1 is 1.03 bits per heavy atom. The fraction of sp³-hybridized carbons (Fsp3) is 0.200. The van der Waals surface area contributed by atoms with Crippen molar-refractivity contribution in [3.8, 4) is 0 Å². The molecule has 4 rings (SSSR count). The minimum atomic E-state index is -0.915. The minimum absolute atomic E-state index is 0.0994. The Morgan fingerprint density at radius 2 is 1.74 bits per heavy atom. The lowest BCUT2D eigenvalue weighted by molar-refractivity contribution is -0.127. The number of carbonyl (C=O) groups is 2. The number of hydrogen-bond acceptors (Lipinski definition) is 5. The fourth-order valence-corrected chi connectivity index (χ4v) is 3.83. The van der Waals surface area contributed by atoms with Gasteiger partial charge in [0.05, 0.1) is 12.1 Å². The van der Waals surface area contributed by atoms with Gasteiger partial charge in [-0.15, -0.1) is 5.10 Å². The number of benzene rings is 3. The van der Waals surface area contributed by atoms with Gasteiger partial charge in [-0.2, -0.15) is 0 Å². The fourth-order valence-electron chi connectivity index (χ4n) is 3.70. The number of hydrogen-bond donors (Lipinski definition) is 1. The second-order valence-electron chi connectivity index (χ2n) is 7.57. The zero-order valence-corrected chi connectivity index (χ0v) is 19.4. The van der Waals surface area contributed by atoms with E-state index in [9.17, 15) is 9.59 Å². The van der Waals surface area contributed by atoms with Crippen LogP contribution in [-0.4, -0.2) is 47.1 Å². The van der Waals surface area contributed by atoms with Crippen molar-refractivity contribution in [3.05, 3.63) is 89.4 Å². The van der Waals surface area contributed by atoms with Gasteiger partial charge in [-0.05, 0) is 42.0 Å². The Morgan fingerprint density at radius 3 is 2.47 bits per heavy atom. The van der Waals surface area contributed by atoms with Crippen molar-refractivity contribution in [2.75, 3.05) is 25.2 Å². The van der Waals surface area contributed by atoms with Gasteiger partial charge in [0.15, 0.2) is 0 Å². The third-order valence-electron chi connectivity index (χ3n) is 5.31. The second kappa shape index (κ2) is 10.9.